The molecule has 0 radical (unpaired) electrons. The quantitative estimate of drug-likeness (QED) is 0.928. The van der Waals surface area contributed by atoms with Gasteiger partial charge in [0.25, 0.3) is 0 Å². The predicted molar refractivity (Wildman–Crippen MR) is 88.1 cm³/mol. The minimum atomic E-state index is -0.0198. The van der Waals surface area contributed by atoms with Crippen LogP contribution in [0.15, 0.2) is 35.7 Å². The molecule has 0 spiro atoms. The molecule has 5 heteroatoms. The number of fused-ring (bicyclic) bond motifs is 1. The van der Waals surface area contributed by atoms with Crippen LogP contribution in [-0.4, -0.2) is 23.9 Å². The molecule has 21 heavy (non-hydrogen) atoms. The molecule has 0 aliphatic carbocycles. The van der Waals surface area contributed by atoms with Gasteiger partial charge in [0.2, 0.25) is 5.91 Å². The molecule has 1 aromatic heterocycles. The van der Waals surface area contributed by atoms with Crippen LogP contribution in [0.4, 0.5) is 5.69 Å². The zero-order chi connectivity index (χ0) is 14.8. The third-order valence-corrected chi connectivity index (χ3v) is 5.22. The molecule has 1 aliphatic heterocycles. The van der Waals surface area contributed by atoms with E-state index in [2.05, 4.69) is 28.6 Å². The number of nitrogens with zero attached hydrogens (tertiary/aromatic N) is 1. The van der Waals surface area contributed by atoms with Gasteiger partial charge in [-0.2, -0.15) is 0 Å². The Labute approximate surface area is 133 Å². The number of nitrogens with one attached hydrogen (secondary N) is 1. The normalized spacial score (nSPS) is 18.3. The van der Waals surface area contributed by atoms with Crippen molar-refractivity contribution in [2.24, 2.45) is 0 Å². The van der Waals surface area contributed by atoms with E-state index in [-0.39, 0.29) is 11.9 Å². The minimum Gasteiger partial charge on any atom is -0.324 e. The molecule has 0 saturated heterocycles. The summed E-state index contributed by atoms with van der Waals surface area (Å²) in [5.41, 5.74) is 2.03. The zero-order valence-corrected chi connectivity index (χ0v) is 13.4. The summed E-state index contributed by atoms with van der Waals surface area (Å²) in [4.78, 5) is 15.9. The molecule has 0 fully saturated rings. The third kappa shape index (κ3) is 3.12. The molecule has 1 N–H and O–H groups in total. The molecule has 2 aromatic rings. The first-order valence-corrected chi connectivity index (χ1v) is 8.25. The summed E-state index contributed by atoms with van der Waals surface area (Å²) >= 11 is 7.88. The van der Waals surface area contributed by atoms with Crippen LogP contribution in [0, 0.1) is 0 Å². The number of thiophene rings is 1. The van der Waals surface area contributed by atoms with E-state index in [0.29, 0.717) is 17.3 Å². The Hall–Kier alpha value is -1.36. The van der Waals surface area contributed by atoms with E-state index in [0.717, 1.165) is 13.0 Å². The van der Waals surface area contributed by atoms with Crippen molar-refractivity contribution >= 4 is 34.5 Å². The lowest BCUT2D eigenvalue weighted by atomic mass is 10.0. The second-order valence-electron chi connectivity index (χ2n) is 5.22. The summed E-state index contributed by atoms with van der Waals surface area (Å²) in [6.45, 7) is 3.47. The van der Waals surface area contributed by atoms with Crippen molar-refractivity contribution in [3.63, 3.8) is 0 Å². The van der Waals surface area contributed by atoms with Crippen molar-refractivity contribution in [3.8, 4) is 0 Å². The van der Waals surface area contributed by atoms with Gasteiger partial charge in [-0.15, -0.1) is 11.3 Å². The fraction of sp³-hybridized carbons (Fsp3) is 0.312. The lowest BCUT2D eigenvalue weighted by molar-refractivity contribution is -0.117. The summed E-state index contributed by atoms with van der Waals surface area (Å²) in [7, 11) is 0. The van der Waals surface area contributed by atoms with Gasteiger partial charge in [-0.25, -0.2) is 0 Å². The maximum absolute atomic E-state index is 12.2. The van der Waals surface area contributed by atoms with Crippen molar-refractivity contribution in [2.45, 2.75) is 19.4 Å². The number of rotatable bonds is 3. The van der Waals surface area contributed by atoms with Gasteiger partial charge in [0.05, 0.1) is 17.3 Å². The fourth-order valence-corrected chi connectivity index (χ4v) is 3.86. The first-order valence-electron chi connectivity index (χ1n) is 7.00. The highest BCUT2D eigenvalue weighted by atomic mass is 35.5. The average molecular weight is 321 g/mol. The molecule has 1 atom stereocenters. The van der Waals surface area contributed by atoms with Gasteiger partial charge in [0.1, 0.15) is 0 Å². The van der Waals surface area contributed by atoms with E-state index in [9.17, 15) is 4.79 Å². The second kappa shape index (κ2) is 6.18. The van der Waals surface area contributed by atoms with Crippen LogP contribution in [0.25, 0.3) is 0 Å². The average Bonchev–Trinajstić information content (AvgIpc) is 2.94. The molecule has 0 bridgehead atoms. The van der Waals surface area contributed by atoms with Crippen LogP contribution in [0.5, 0.6) is 0 Å². The highest BCUT2D eigenvalue weighted by Gasteiger charge is 2.26. The molecule has 1 aliphatic rings. The fourth-order valence-electron chi connectivity index (χ4n) is 2.71. The summed E-state index contributed by atoms with van der Waals surface area (Å²) < 4.78 is 0. The van der Waals surface area contributed by atoms with Gasteiger partial charge in [-0.3, -0.25) is 9.69 Å². The number of para-hydroxylation sites is 1. The van der Waals surface area contributed by atoms with Gasteiger partial charge in [-0.1, -0.05) is 23.7 Å². The van der Waals surface area contributed by atoms with Crippen molar-refractivity contribution in [3.05, 3.63) is 51.2 Å². The summed E-state index contributed by atoms with van der Waals surface area (Å²) in [6.07, 6.45) is 1.02. The van der Waals surface area contributed by atoms with Gasteiger partial charge >= 0.3 is 0 Å². The molecule has 0 unspecified atom stereocenters. The number of halogens is 1. The van der Waals surface area contributed by atoms with E-state index in [1.807, 2.05) is 29.5 Å². The van der Waals surface area contributed by atoms with Crippen LogP contribution in [-0.2, 0) is 11.2 Å². The monoisotopic (exact) mass is 320 g/mol. The zero-order valence-electron chi connectivity index (χ0n) is 11.8. The van der Waals surface area contributed by atoms with Crippen LogP contribution >= 0.6 is 22.9 Å². The summed E-state index contributed by atoms with van der Waals surface area (Å²) in [5.74, 6) is -0.0198. The van der Waals surface area contributed by atoms with Gasteiger partial charge < -0.3 is 5.32 Å². The van der Waals surface area contributed by atoms with Gasteiger partial charge in [0.15, 0.2) is 0 Å². The van der Waals surface area contributed by atoms with Crippen LogP contribution < -0.4 is 5.32 Å². The molecule has 2 heterocycles. The van der Waals surface area contributed by atoms with E-state index < -0.39 is 0 Å². The van der Waals surface area contributed by atoms with Crippen LogP contribution in [0.2, 0.25) is 5.02 Å². The number of carbonyl (C=O) groups excluding carboxylic acids is 1. The number of amides is 1. The highest BCUT2D eigenvalue weighted by Crippen LogP contribution is 2.32. The number of anilines is 1. The Morgan fingerprint density at radius 1 is 1.43 bits per heavy atom. The molecule has 3 nitrogen and oxygen atoms in total. The second-order valence-corrected chi connectivity index (χ2v) is 6.63. The molecular formula is C16H17ClN2OS. The maximum Gasteiger partial charge on any atom is 0.238 e. The molecule has 1 aromatic carbocycles. The highest BCUT2D eigenvalue weighted by molar-refractivity contribution is 7.10. The molecule has 3 rings (SSSR count). The molecule has 1 amide bonds. The smallest absolute Gasteiger partial charge is 0.238 e. The van der Waals surface area contributed by atoms with E-state index in [4.69, 9.17) is 11.6 Å². The largest absolute Gasteiger partial charge is 0.324 e. The number of benzene rings is 1. The van der Waals surface area contributed by atoms with E-state index in [1.54, 1.807) is 6.07 Å². The Kier molecular flexibility index (Phi) is 4.29. The van der Waals surface area contributed by atoms with Crippen molar-refractivity contribution in [1.29, 1.82) is 0 Å². The Morgan fingerprint density at radius 3 is 3.05 bits per heavy atom. The lowest BCUT2D eigenvalue weighted by Gasteiger charge is -2.32. The standard InChI is InChI=1S/C16H17ClN2OS/c1-11-12-7-9-21-15(12)6-8-19(11)10-16(20)18-14-5-3-2-4-13(14)17/h2-5,7,9,11H,6,8,10H2,1H3,(H,18,20)/t11-/m0/s1. The predicted octanol–water partition coefficient (Wildman–Crippen LogP) is 3.96. The first-order chi connectivity index (χ1) is 10.1. The third-order valence-electron chi connectivity index (χ3n) is 3.90. The summed E-state index contributed by atoms with van der Waals surface area (Å²) in [6, 6.07) is 9.76. The SMILES string of the molecule is C[C@H]1c2ccsc2CCN1CC(=O)Nc1ccccc1Cl. The topological polar surface area (TPSA) is 32.3 Å². The first kappa shape index (κ1) is 14.6. The number of hydrogen-bond acceptors (Lipinski definition) is 3. The molecule has 0 saturated carbocycles. The molecule has 110 valence electrons. The van der Waals surface area contributed by atoms with Crippen LogP contribution in [0.3, 0.4) is 0 Å². The van der Waals surface area contributed by atoms with Gasteiger partial charge in [0, 0.05) is 17.5 Å². The van der Waals surface area contributed by atoms with Crippen LogP contribution in [0.1, 0.15) is 23.4 Å². The lowest BCUT2D eigenvalue weighted by Crippen LogP contribution is -2.39. The Morgan fingerprint density at radius 2 is 2.24 bits per heavy atom. The van der Waals surface area contributed by atoms with E-state index >= 15 is 0 Å². The molecular weight excluding hydrogens is 304 g/mol. The van der Waals surface area contributed by atoms with Crippen molar-refractivity contribution in [2.75, 3.05) is 18.4 Å². The van der Waals surface area contributed by atoms with Crippen molar-refractivity contribution in [1.82, 2.24) is 4.90 Å². The Balaban J connectivity index is 1.65. The van der Waals surface area contributed by atoms with Crippen molar-refractivity contribution < 1.29 is 4.79 Å². The number of hydrogen-bond donors (Lipinski definition) is 1. The van der Waals surface area contributed by atoms with Gasteiger partial charge in [-0.05, 0) is 42.5 Å². The minimum absolute atomic E-state index is 0.0198. The summed E-state index contributed by atoms with van der Waals surface area (Å²) in [5, 5.41) is 5.59. The number of carbonyl (C=O) groups is 1. The Bertz CT molecular complexity index is 655. The maximum atomic E-state index is 12.2. The van der Waals surface area contributed by atoms with E-state index in [1.165, 1.54) is 10.4 Å².